The van der Waals surface area contributed by atoms with Crippen molar-refractivity contribution >= 4 is 23.5 Å². The van der Waals surface area contributed by atoms with Crippen LogP contribution in [0.15, 0.2) is 77.5 Å². The highest BCUT2D eigenvalue weighted by molar-refractivity contribution is 5.98. The van der Waals surface area contributed by atoms with Crippen molar-refractivity contribution in [1.82, 2.24) is 5.32 Å². The van der Waals surface area contributed by atoms with E-state index >= 15 is 0 Å². The molecule has 0 spiro atoms. The Morgan fingerprint density at radius 2 is 1.51 bits per heavy atom. The van der Waals surface area contributed by atoms with Gasteiger partial charge in [-0.2, -0.15) is 39.5 Å². The number of nitrogens with one attached hydrogen (secondary N) is 1. The second-order valence-corrected chi connectivity index (χ2v) is 8.83. The van der Waals surface area contributed by atoms with E-state index in [0.29, 0.717) is 12.1 Å². The minimum atomic E-state index is -5.25. The van der Waals surface area contributed by atoms with Gasteiger partial charge < -0.3 is 15.3 Å². The summed E-state index contributed by atoms with van der Waals surface area (Å²) < 4.78 is 121. The van der Waals surface area contributed by atoms with Crippen molar-refractivity contribution in [3.05, 3.63) is 100 Å². The number of phenols is 1. The van der Waals surface area contributed by atoms with Gasteiger partial charge in [0.2, 0.25) is 5.91 Å². The van der Waals surface area contributed by atoms with Crippen molar-refractivity contribution in [1.29, 1.82) is 0 Å². The number of anilines is 1. The summed E-state index contributed by atoms with van der Waals surface area (Å²) in [5.74, 6) is -2.25. The average molecular weight is 587 g/mol. The summed E-state index contributed by atoms with van der Waals surface area (Å²) in [5, 5.41) is 12.7. The van der Waals surface area contributed by atoms with Crippen molar-refractivity contribution in [3.63, 3.8) is 0 Å². The first kappa shape index (κ1) is 29.5. The number of carbonyl (C=O) groups is 1. The number of benzene rings is 3. The van der Waals surface area contributed by atoms with Crippen LogP contribution in [0, 0.1) is 0 Å². The normalized spacial score (nSPS) is 14.1. The third-order valence-electron chi connectivity index (χ3n) is 5.90. The number of phenolic OH excluding ortho intramolecular Hbond substituents is 1. The number of halogens is 9. The van der Waals surface area contributed by atoms with Crippen LogP contribution in [-0.4, -0.2) is 29.9 Å². The Balaban J connectivity index is 1.82. The second kappa shape index (κ2) is 10.8. The van der Waals surface area contributed by atoms with Crippen LogP contribution < -0.4 is 10.2 Å². The van der Waals surface area contributed by atoms with Gasteiger partial charge in [-0.15, -0.1) is 0 Å². The predicted octanol–water partition coefficient (Wildman–Crippen LogP) is 6.92. The number of aliphatic imine (C=N–C) groups is 1. The molecular weight excluding hydrogens is 569 g/mol. The number of hydrogen-bond donors (Lipinski definition) is 2. The molecule has 14 heteroatoms. The van der Waals surface area contributed by atoms with Crippen LogP contribution in [0.2, 0.25) is 0 Å². The topological polar surface area (TPSA) is 64.9 Å². The van der Waals surface area contributed by atoms with Crippen LogP contribution in [0.4, 0.5) is 45.2 Å². The molecule has 3 aromatic carbocycles. The maximum absolute atomic E-state index is 13.8. The van der Waals surface area contributed by atoms with Crippen molar-refractivity contribution in [2.45, 2.75) is 24.9 Å². The van der Waals surface area contributed by atoms with Crippen LogP contribution in [0.25, 0.3) is 5.70 Å². The fourth-order valence-electron chi connectivity index (χ4n) is 4.19. The number of alkyl halides is 9. The molecule has 0 unspecified atom stereocenters. The number of aromatic hydroxyl groups is 1. The first-order chi connectivity index (χ1) is 19.0. The third-order valence-corrected chi connectivity index (χ3v) is 5.90. The van der Waals surface area contributed by atoms with E-state index in [2.05, 4.69) is 10.3 Å². The van der Waals surface area contributed by atoms with Gasteiger partial charge in [-0.3, -0.25) is 4.79 Å². The lowest BCUT2D eigenvalue weighted by Gasteiger charge is -2.30. The Labute approximate surface area is 226 Å². The van der Waals surface area contributed by atoms with E-state index < -0.39 is 71.4 Å². The van der Waals surface area contributed by atoms with E-state index in [1.54, 1.807) is 0 Å². The molecule has 1 amide bonds. The number of nitrogens with zero attached hydrogens (tertiary/aromatic N) is 2. The first-order valence-electron chi connectivity index (χ1n) is 11.6. The highest BCUT2D eigenvalue weighted by Crippen LogP contribution is 2.40. The van der Waals surface area contributed by atoms with Crippen LogP contribution in [0.3, 0.4) is 0 Å². The van der Waals surface area contributed by atoms with E-state index in [9.17, 15) is 49.4 Å². The minimum Gasteiger partial charge on any atom is -0.507 e. The summed E-state index contributed by atoms with van der Waals surface area (Å²) in [4.78, 5) is 17.8. The molecular formula is C27H18F9N3O2. The monoisotopic (exact) mass is 587 g/mol. The molecule has 41 heavy (non-hydrogen) atoms. The number of fused-ring (bicyclic) bond motifs is 1. The molecule has 0 aromatic heterocycles. The van der Waals surface area contributed by atoms with Gasteiger partial charge in [0.25, 0.3) is 0 Å². The quantitative estimate of drug-likeness (QED) is 0.319. The number of amides is 1. The largest absolute Gasteiger partial charge is 0.507 e. The van der Waals surface area contributed by atoms with Gasteiger partial charge in [0.15, 0.2) is 5.82 Å². The zero-order valence-electron chi connectivity index (χ0n) is 20.5. The number of para-hydroxylation sites is 2. The Bertz CT molecular complexity index is 1520. The van der Waals surface area contributed by atoms with Gasteiger partial charge in [-0.05, 0) is 35.9 Å². The van der Waals surface area contributed by atoms with Gasteiger partial charge >= 0.3 is 18.5 Å². The van der Waals surface area contributed by atoms with E-state index in [4.69, 9.17) is 0 Å². The second-order valence-electron chi connectivity index (χ2n) is 8.83. The van der Waals surface area contributed by atoms with Crippen LogP contribution in [-0.2, 0) is 23.6 Å². The summed E-state index contributed by atoms with van der Waals surface area (Å²) in [5.41, 5.74) is -4.50. The lowest BCUT2D eigenvalue weighted by molar-refractivity contribution is -0.143. The summed E-state index contributed by atoms with van der Waals surface area (Å²) in [6.45, 7) is -1.60. The van der Waals surface area contributed by atoms with E-state index in [1.165, 1.54) is 48.5 Å². The first-order valence-corrected chi connectivity index (χ1v) is 11.6. The highest BCUT2D eigenvalue weighted by Gasteiger charge is 2.39. The molecule has 0 aliphatic carbocycles. The Hall–Kier alpha value is -4.49. The van der Waals surface area contributed by atoms with Gasteiger partial charge in [0.1, 0.15) is 12.3 Å². The summed E-state index contributed by atoms with van der Waals surface area (Å²) in [7, 11) is 0. The maximum Gasteiger partial charge on any atom is 0.416 e. The van der Waals surface area contributed by atoms with Crippen molar-refractivity contribution < 1.29 is 49.4 Å². The molecule has 0 saturated heterocycles. The molecule has 4 rings (SSSR count). The fourth-order valence-corrected chi connectivity index (χ4v) is 4.19. The van der Waals surface area contributed by atoms with Crippen molar-refractivity contribution in [2.75, 3.05) is 11.4 Å². The molecule has 0 saturated carbocycles. The van der Waals surface area contributed by atoms with Gasteiger partial charge in [0, 0.05) is 17.3 Å². The Kier molecular flexibility index (Phi) is 7.78. The predicted molar refractivity (Wildman–Crippen MR) is 131 cm³/mol. The van der Waals surface area contributed by atoms with Crippen molar-refractivity contribution in [3.8, 4) is 5.75 Å². The Morgan fingerprint density at radius 3 is 2.15 bits per heavy atom. The molecule has 0 fully saturated rings. The van der Waals surface area contributed by atoms with E-state index in [1.807, 2.05) is 0 Å². The lowest BCUT2D eigenvalue weighted by Crippen LogP contribution is -2.36. The minimum absolute atomic E-state index is 0.00169. The molecule has 2 N–H and O–H groups in total. The van der Waals surface area contributed by atoms with Gasteiger partial charge in [0.05, 0.1) is 28.9 Å². The molecule has 1 aliphatic rings. The number of rotatable bonds is 5. The van der Waals surface area contributed by atoms with Crippen molar-refractivity contribution in [2.24, 2.45) is 4.99 Å². The number of hydrogen-bond acceptors (Lipinski definition) is 4. The molecule has 5 nitrogen and oxygen atoms in total. The molecule has 1 heterocycles. The van der Waals surface area contributed by atoms with Gasteiger partial charge in [-0.1, -0.05) is 36.4 Å². The molecule has 0 bridgehead atoms. The van der Waals surface area contributed by atoms with E-state index in [0.717, 1.165) is 11.1 Å². The average Bonchev–Trinajstić information content (AvgIpc) is 2.99. The van der Waals surface area contributed by atoms with Crippen LogP contribution >= 0.6 is 0 Å². The standard InChI is InChI=1S/C27H18F9N3O2/c28-25(29,30)14-39-20-7-3-1-5-16(20)13-37-24(23(39)18-6-2-4-8-21(18)40)38-22(41)11-15-9-10-17(26(31,32)33)12-19(15)27(34,35)36/h1-10,12-13,40H,11,14H2,(H,38,41). The van der Waals surface area contributed by atoms with Crippen LogP contribution in [0.5, 0.6) is 5.75 Å². The smallest absolute Gasteiger partial charge is 0.416 e. The lowest BCUT2D eigenvalue weighted by atomic mass is 10.00. The number of carbonyl (C=O) groups excluding carboxylic acids is 1. The van der Waals surface area contributed by atoms with Crippen LogP contribution in [0.1, 0.15) is 27.8 Å². The fraction of sp³-hybridized carbons (Fsp3) is 0.185. The molecule has 0 radical (unpaired) electrons. The van der Waals surface area contributed by atoms with E-state index in [-0.39, 0.29) is 22.9 Å². The zero-order chi connectivity index (χ0) is 30.2. The molecule has 216 valence electrons. The highest BCUT2D eigenvalue weighted by atomic mass is 19.4. The van der Waals surface area contributed by atoms with Gasteiger partial charge in [-0.25, -0.2) is 4.99 Å². The SMILES string of the molecule is O=C(Cc1ccc(C(F)(F)F)cc1C(F)(F)F)NC1=C(c2ccccc2O)N(CC(F)(F)F)c2ccccc2C=N1. The zero-order valence-corrected chi connectivity index (χ0v) is 20.5. The molecule has 0 atom stereocenters. The molecule has 1 aliphatic heterocycles. The summed E-state index contributed by atoms with van der Waals surface area (Å²) in [6, 6.07) is 11.7. The summed E-state index contributed by atoms with van der Waals surface area (Å²) >= 11 is 0. The molecule has 3 aromatic rings. The summed E-state index contributed by atoms with van der Waals surface area (Å²) in [6.07, 6.45) is -15.1. The maximum atomic E-state index is 13.8. The third kappa shape index (κ3) is 6.81. The Morgan fingerprint density at radius 1 is 0.854 bits per heavy atom.